The van der Waals surface area contributed by atoms with Crippen molar-refractivity contribution in [1.29, 1.82) is 0 Å². The maximum Gasteiger partial charge on any atom is 0.427 e. The number of nitrogens with one attached hydrogen (secondary N) is 1. The van der Waals surface area contributed by atoms with E-state index in [9.17, 15) is 15.0 Å². The number of aromatic hydroxyl groups is 2. The number of nitrogens with zero attached hydrogens (tertiary/aromatic N) is 1. The number of phenols is 2. The fourth-order valence-electron chi connectivity index (χ4n) is 1.88. The number of carbonyl (C=O) groups excluding carboxylic acids is 1. The summed E-state index contributed by atoms with van der Waals surface area (Å²) in [5.41, 5.74) is 3.22. The Morgan fingerprint density at radius 1 is 1.05 bits per heavy atom. The molecule has 22 heavy (non-hydrogen) atoms. The zero-order valence-electron chi connectivity index (χ0n) is 12.0. The second-order valence-corrected chi connectivity index (χ2v) is 4.33. The van der Waals surface area contributed by atoms with E-state index in [0.717, 1.165) is 0 Å². The summed E-state index contributed by atoms with van der Waals surface area (Å²) in [5.74, 6) is -0.0367. The Morgan fingerprint density at radius 2 is 1.55 bits per heavy atom. The van der Waals surface area contributed by atoms with Crippen molar-refractivity contribution in [2.75, 3.05) is 6.61 Å². The fourth-order valence-corrected chi connectivity index (χ4v) is 1.88. The van der Waals surface area contributed by atoms with E-state index in [0.29, 0.717) is 11.1 Å². The van der Waals surface area contributed by atoms with Crippen LogP contribution >= 0.6 is 0 Å². The highest BCUT2D eigenvalue weighted by atomic mass is 16.5. The maximum atomic E-state index is 11.4. The van der Waals surface area contributed by atoms with E-state index >= 15 is 0 Å². The van der Waals surface area contributed by atoms with Gasteiger partial charge >= 0.3 is 6.09 Å². The predicted octanol–water partition coefficient (Wildman–Crippen LogP) is 2.60. The number of rotatable bonds is 4. The average Bonchev–Trinajstić information content (AvgIpc) is 2.51. The summed E-state index contributed by atoms with van der Waals surface area (Å²) < 4.78 is 4.74. The molecule has 0 spiro atoms. The van der Waals surface area contributed by atoms with Crippen molar-refractivity contribution in [1.82, 2.24) is 5.43 Å². The summed E-state index contributed by atoms with van der Waals surface area (Å²) in [6.45, 7) is 1.89. The molecule has 0 aromatic heterocycles. The molecule has 114 valence electrons. The van der Waals surface area contributed by atoms with Crippen molar-refractivity contribution in [2.45, 2.75) is 6.92 Å². The Hall–Kier alpha value is -3.02. The first-order valence-corrected chi connectivity index (χ1v) is 6.70. The van der Waals surface area contributed by atoms with Crippen LogP contribution in [0.1, 0.15) is 18.1 Å². The SMILES string of the molecule is CCOC(=O)NN=C(c1ccccc1O)c1ccccc1O. The van der Waals surface area contributed by atoms with Gasteiger partial charge in [-0.3, -0.25) is 0 Å². The maximum absolute atomic E-state index is 11.4. The van der Waals surface area contributed by atoms with E-state index in [-0.39, 0.29) is 23.8 Å². The molecule has 6 nitrogen and oxygen atoms in total. The molecule has 0 unspecified atom stereocenters. The standard InChI is InChI=1S/C16H16N2O4/c1-2-22-16(21)18-17-15(11-7-3-5-9-13(11)19)12-8-4-6-10-14(12)20/h3-10,19-20H,2H2,1H3,(H,18,21). The number of amides is 1. The third kappa shape index (κ3) is 3.54. The molecule has 0 radical (unpaired) electrons. The van der Waals surface area contributed by atoms with Gasteiger partial charge in [0.1, 0.15) is 17.2 Å². The van der Waals surface area contributed by atoms with E-state index in [2.05, 4.69) is 10.5 Å². The van der Waals surface area contributed by atoms with Gasteiger partial charge in [0.25, 0.3) is 0 Å². The predicted molar refractivity (Wildman–Crippen MR) is 82.0 cm³/mol. The zero-order valence-corrected chi connectivity index (χ0v) is 12.0. The van der Waals surface area contributed by atoms with Crippen molar-refractivity contribution in [3.63, 3.8) is 0 Å². The van der Waals surface area contributed by atoms with Gasteiger partial charge < -0.3 is 14.9 Å². The molecule has 0 aliphatic heterocycles. The van der Waals surface area contributed by atoms with Gasteiger partial charge in [-0.2, -0.15) is 5.10 Å². The number of para-hydroxylation sites is 2. The number of hydrogen-bond acceptors (Lipinski definition) is 5. The van der Waals surface area contributed by atoms with Crippen LogP contribution in [0.2, 0.25) is 0 Å². The third-order valence-electron chi connectivity index (χ3n) is 2.85. The smallest absolute Gasteiger partial charge is 0.427 e. The second-order valence-electron chi connectivity index (χ2n) is 4.33. The summed E-state index contributed by atoms with van der Waals surface area (Å²) in [4.78, 5) is 11.4. The molecule has 2 aromatic carbocycles. The lowest BCUT2D eigenvalue weighted by molar-refractivity contribution is 0.152. The van der Waals surface area contributed by atoms with Crippen LogP contribution in [0.25, 0.3) is 0 Å². The number of carbonyl (C=O) groups is 1. The van der Waals surface area contributed by atoms with Gasteiger partial charge in [-0.15, -0.1) is 0 Å². The van der Waals surface area contributed by atoms with Gasteiger partial charge in [0.15, 0.2) is 0 Å². The quantitative estimate of drug-likeness (QED) is 0.598. The lowest BCUT2D eigenvalue weighted by atomic mass is 10.0. The molecule has 2 aromatic rings. The molecule has 0 fully saturated rings. The van der Waals surface area contributed by atoms with Crippen molar-refractivity contribution in [2.24, 2.45) is 5.10 Å². The number of hydrazone groups is 1. The lowest BCUT2D eigenvalue weighted by Gasteiger charge is -2.11. The highest BCUT2D eigenvalue weighted by molar-refractivity contribution is 6.15. The van der Waals surface area contributed by atoms with Crippen LogP contribution in [0.4, 0.5) is 4.79 Å². The molecular weight excluding hydrogens is 284 g/mol. The molecule has 0 heterocycles. The van der Waals surface area contributed by atoms with E-state index in [1.807, 2.05) is 0 Å². The van der Waals surface area contributed by atoms with Crippen LogP contribution in [-0.2, 0) is 4.74 Å². The van der Waals surface area contributed by atoms with Crippen LogP contribution in [0.5, 0.6) is 11.5 Å². The van der Waals surface area contributed by atoms with E-state index < -0.39 is 6.09 Å². The lowest BCUT2D eigenvalue weighted by Crippen LogP contribution is -2.21. The number of ether oxygens (including phenoxy) is 1. The van der Waals surface area contributed by atoms with Crippen molar-refractivity contribution >= 4 is 11.8 Å². The molecule has 3 N–H and O–H groups in total. The first-order chi connectivity index (χ1) is 10.6. The van der Waals surface area contributed by atoms with Crippen LogP contribution in [0, 0.1) is 0 Å². The van der Waals surface area contributed by atoms with Gasteiger partial charge in [0.05, 0.1) is 6.61 Å². The highest BCUT2D eigenvalue weighted by Crippen LogP contribution is 2.25. The van der Waals surface area contributed by atoms with Crippen molar-refractivity contribution in [3.05, 3.63) is 59.7 Å². The molecule has 0 saturated carbocycles. The Balaban J connectivity index is 2.46. The molecule has 0 atom stereocenters. The number of hydrogen-bond donors (Lipinski definition) is 3. The van der Waals surface area contributed by atoms with E-state index in [1.54, 1.807) is 43.3 Å². The zero-order chi connectivity index (χ0) is 15.9. The van der Waals surface area contributed by atoms with Gasteiger partial charge in [0, 0.05) is 11.1 Å². The van der Waals surface area contributed by atoms with Crippen LogP contribution in [0.15, 0.2) is 53.6 Å². The highest BCUT2D eigenvalue weighted by Gasteiger charge is 2.15. The largest absolute Gasteiger partial charge is 0.507 e. The van der Waals surface area contributed by atoms with Gasteiger partial charge in [-0.1, -0.05) is 24.3 Å². The Morgan fingerprint density at radius 3 is 2.00 bits per heavy atom. The summed E-state index contributed by atoms with van der Waals surface area (Å²) >= 11 is 0. The topological polar surface area (TPSA) is 91.2 Å². The summed E-state index contributed by atoms with van der Waals surface area (Å²) in [5, 5.41) is 24.0. The molecular formula is C16H16N2O4. The van der Waals surface area contributed by atoms with Crippen molar-refractivity contribution < 1.29 is 19.7 Å². The number of phenolic OH excluding ortho intramolecular Hbond substituents is 2. The molecule has 2 rings (SSSR count). The van der Waals surface area contributed by atoms with E-state index in [1.165, 1.54) is 12.1 Å². The third-order valence-corrected chi connectivity index (χ3v) is 2.85. The molecule has 0 bridgehead atoms. The molecule has 0 saturated heterocycles. The average molecular weight is 300 g/mol. The van der Waals surface area contributed by atoms with Crippen molar-refractivity contribution in [3.8, 4) is 11.5 Å². The molecule has 0 aliphatic rings. The second kappa shape index (κ2) is 7.12. The van der Waals surface area contributed by atoms with Gasteiger partial charge in [-0.25, -0.2) is 10.2 Å². The van der Waals surface area contributed by atoms with Crippen LogP contribution in [-0.4, -0.2) is 28.6 Å². The minimum atomic E-state index is -0.717. The monoisotopic (exact) mass is 300 g/mol. The molecule has 1 amide bonds. The first kappa shape index (κ1) is 15.4. The van der Waals surface area contributed by atoms with Gasteiger partial charge in [-0.05, 0) is 31.2 Å². The number of benzene rings is 2. The Labute approximate surface area is 127 Å². The Kier molecular flexibility index (Phi) is 4.98. The van der Waals surface area contributed by atoms with E-state index in [4.69, 9.17) is 4.74 Å². The minimum absolute atomic E-state index is 0.0184. The van der Waals surface area contributed by atoms with Crippen LogP contribution < -0.4 is 5.43 Å². The fraction of sp³-hybridized carbons (Fsp3) is 0.125. The first-order valence-electron chi connectivity index (χ1n) is 6.70. The summed E-state index contributed by atoms with van der Waals surface area (Å²) in [6.07, 6.45) is -0.717. The van der Waals surface area contributed by atoms with Crippen LogP contribution in [0.3, 0.4) is 0 Å². The van der Waals surface area contributed by atoms with Gasteiger partial charge in [0.2, 0.25) is 0 Å². The molecule has 6 heteroatoms. The molecule has 0 aliphatic carbocycles. The Bertz CT molecular complexity index is 651. The normalized spacial score (nSPS) is 9.86. The minimum Gasteiger partial charge on any atom is -0.507 e. The summed E-state index contributed by atoms with van der Waals surface area (Å²) in [7, 11) is 0. The summed E-state index contributed by atoms with van der Waals surface area (Å²) in [6, 6.07) is 13.0.